The van der Waals surface area contributed by atoms with Gasteiger partial charge in [-0.3, -0.25) is 19.3 Å². The predicted octanol–water partition coefficient (Wildman–Crippen LogP) is 0.840. The van der Waals surface area contributed by atoms with Gasteiger partial charge in [0.15, 0.2) is 11.3 Å². The molecule has 1 aromatic rings. The van der Waals surface area contributed by atoms with Crippen molar-refractivity contribution in [1.82, 2.24) is 20.9 Å². The second-order valence-electron chi connectivity index (χ2n) is 9.09. The molecule has 0 spiro atoms. The van der Waals surface area contributed by atoms with Gasteiger partial charge >= 0.3 is 6.09 Å². The maximum absolute atomic E-state index is 13.7. The fourth-order valence-corrected chi connectivity index (χ4v) is 3.85. The first-order valence-electron chi connectivity index (χ1n) is 10.6. The lowest BCUT2D eigenvalue weighted by molar-refractivity contribution is -0.131. The number of rotatable bonds is 5. The van der Waals surface area contributed by atoms with Crippen LogP contribution < -0.4 is 16.0 Å². The molecule has 10 heteroatoms. The van der Waals surface area contributed by atoms with Crippen LogP contribution in [-0.4, -0.2) is 72.5 Å². The molecule has 0 radical (unpaired) electrons. The van der Waals surface area contributed by atoms with Gasteiger partial charge in [-0.15, -0.1) is 0 Å². The third-order valence-electron chi connectivity index (χ3n) is 5.44. The van der Waals surface area contributed by atoms with Crippen molar-refractivity contribution in [2.24, 2.45) is 5.92 Å². The third kappa shape index (κ3) is 5.07. The third-order valence-corrected chi connectivity index (χ3v) is 5.44. The lowest BCUT2D eigenvalue weighted by Gasteiger charge is -2.44. The van der Waals surface area contributed by atoms with Crippen LogP contribution in [-0.2, 0) is 14.3 Å². The summed E-state index contributed by atoms with van der Waals surface area (Å²) in [6.07, 6.45) is -0.518. The first-order valence-corrected chi connectivity index (χ1v) is 10.6. The average molecular weight is 448 g/mol. The smallest absolute Gasteiger partial charge is 0.411 e. The monoisotopic (exact) mass is 448 g/mol. The van der Waals surface area contributed by atoms with Crippen LogP contribution in [0.2, 0.25) is 0 Å². The lowest BCUT2D eigenvalue weighted by atomic mass is 9.84. The van der Waals surface area contributed by atoms with E-state index in [1.807, 2.05) is 0 Å². The largest absolute Gasteiger partial charge is 0.444 e. The van der Waals surface area contributed by atoms with Crippen molar-refractivity contribution in [2.75, 3.05) is 32.7 Å². The fourth-order valence-electron chi connectivity index (χ4n) is 3.85. The highest BCUT2D eigenvalue weighted by atomic mass is 19.1. The molecule has 2 atom stereocenters. The molecule has 2 aliphatic heterocycles. The molecule has 0 aliphatic carbocycles. The Labute approximate surface area is 186 Å². The molecule has 2 saturated heterocycles. The Hall–Kier alpha value is -3.01. The Morgan fingerprint density at radius 3 is 2.53 bits per heavy atom. The minimum atomic E-state index is -1.92. The van der Waals surface area contributed by atoms with Crippen molar-refractivity contribution in [2.45, 2.75) is 38.3 Å². The number of carbonyl (C=O) groups excluding carboxylic acids is 4. The number of halogens is 1. The van der Waals surface area contributed by atoms with Crippen LogP contribution in [0.5, 0.6) is 0 Å². The van der Waals surface area contributed by atoms with Crippen LogP contribution in [0, 0.1) is 11.7 Å². The van der Waals surface area contributed by atoms with E-state index in [-0.39, 0.29) is 43.4 Å². The van der Waals surface area contributed by atoms with E-state index in [0.717, 1.165) is 17.0 Å². The van der Waals surface area contributed by atoms with Gasteiger partial charge in [0.05, 0.1) is 0 Å². The Bertz CT molecular complexity index is 899. The molecule has 9 nitrogen and oxygen atoms in total. The number of nitrogens with one attached hydrogen (secondary N) is 3. The molecule has 3 rings (SSSR count). The summed E-state index contributed by atoms with van der Waals surface area (Å²) in [7, 11) is 0. The van der Waals surface area contributed by atoms with Gasteiger partial charge in [-0.1, -0.05) is 0 Å². The van der Waals surface area contributed by atoms with Crippen LogP contribution in [0.15, 0.2) is 24.3 Å². The number of ketones is 1. The Balaban J connectivity index is 1.95. The number of hydrogen-bond donors (Lipinski definition) is 3. The lowest BCUT2D eigenvalue weighted by Crippen LogP contribution is -2.73. The molecule has 2 unspecified atom stereocenters. The van der Waals surface area contributed by atoms with Crippen molar-refractivity contribution in [3.8, 4) is 0 Å². The molecular formula is C22H29FN4O5. The molecule has 1 aromatic carbocycles. The summed E-state index contributed by atoms with van der Waals surface area (Å²) in [6.45, 7) is 5.98. The van der Waals surface area contributed by atoms with Gasteiger partial charge in [0.2, 0.25) is 5.91 Å². The molecule has 174 valence electrons. The molecule has 3 amide bonds. The second-order valence-corrected chi connectivity index (χ2v) is 9.09. The summed E-state index contributed by atoms with van der Waals surface area (Å²) in [5.74, 6) is -2.06. The van der Waals surface area contributed by atoms with Crippen molar-refractivity contribution < 1.29 is 28.3 Å². The van der Waals surface area contributed by atoms with Gasteiger partial charge in [-0.2, -0.15) is 0 Å². The number of benzene rings is 1. The molecule has 3 N–H and O–H groups in total. The van der Waals surface area contributed by atoms with E-state index in [0.29, 0.717) is 13.1 Å². The van der Waals surface area contributed by atoms with Crippen LogP contribution in [0.1, 0.15) is 37.6 Å². The van der Waals surface area contributed by atoms with Gasteiger partial charge in [-0.05, 0) is 45.0 Å². The Morgan fingerprint density at radius 2 is 1.94 bits per heavy atom. The topological polar surface area (TPSA) is 117 Å². The zero-order valence-electron chi connectivity index (χ0n) is 18.5. The fraction of sp³-hybridized carbons (Fsp3) is 0.545. The molecule has 0 aromatic heterocycles. The normalized spacial score (nSPS) is 23.4. The van der Waals surface area contributed by atoms with Crippen molar-refractivity contribution in [3.63, 3.8) is 0 Å². The summed E-state index contributed by atoms with van der Waals surface area (Å²) in [6, 6.07) is 4.83. The van der Waals surface area contributed by atoms with Gasteiger partial charge in [0.25, 0.3) is 5.91 Å². The number of hydrogen-bond acceptors (Lipinski definition) is 6. The Morgan fingerprint density at radius 1 is 1.25 bits per heavy atom. The number of nitrogens with zero attached hydrogens (tertiary/aromatic N) is 1. The van der Waals surface area contributed by atoms with E-state index in [2.05, 4.69) is 16.0 Å². The SMILES string of the molecule is CC(C)(C)OC(=O)N1CCNCC1(C(=O)NCC1CNC(=O)C1)C(=O)c1ccc(F)cc1. The number of amides is 3. The van der Waals surface area contributed by atoms with E-state index in [9.17, 15) is 23.6 Å². The molecule has 32 heavy (non-hydrogen) atoms. The van der Waals surface area contributed by atoms with E-state index >= 15 is 0 Å². The molecule has 2 aliphatic rings. The van der Waals surface area contributed by atoms with Crippen molar-refractivity contribution in [1.29, 1.82) is 0 Å². The van der Waals surface area contributed by atoms with E-state index < -0.39 is 34.7 Å². The summed E-state index contributed by atoms with van der Waals surface area (Å²) < 4.78 is 18.9. The summed E-state index contributed by atoms with van der Waals surface area (Å²) in [5.41, 5.74) is -2.66. The first-order chi connectivity index (χ1) is 15.0. The van der Waals surface area contributed by atoms with E-state index in [4.69, 9.17) is 4.74 Å². The van der Waals surface area contributed by atoms with Gasteiger partial charge in [0, 0.05) is 50.6 Å². The maximum Gasteiger partial charge on any atom is 0.411 e. The zero-order valence-corrected chi connectivity index (χ0v) is 18.5. The highest BCUT2D eigenvalue weighted by Gasteiger charge is 2.55. The molecule has 0 saturated carbocycles. The van der Waals surface area contributed by atoms with Crippen molar-refractivity contribution in [3.05, 3.63) is 35.6 Å². The molecular weight excluding hydrogens is 419 g/mol. The summed E-state index contributed by atoms with van der Waals surface area (Å²) in [5, 5.41) is 8.48. The number of ether oxygens (including phenoxy) is 1. The highest BCUT2D eigenvalue weighted by molar-refractivity contribution is 6.19. The Kier molecular flexibility index (Phi) is 6.82. The minimum Gasteiger partial charge on any atom is -0.444 e. The maximum atomic E-state index is 13.7. The number of piperazine rings is 1. The highest BCUT2D eigenvalue weighted by Crippen LogP contribution is 2.27. The van der Waals surface area contributed by atoms with Gasteiger partial charge < -0.3 is 20.7 Å². The minimum absolute atomic E-state index is 0.0682. The average Bonchev–Trinajstić information content (AvgIpc) is 3.15. The van der Waals surface area contributed by atoms with Gasteiger partial charge in [-0.25, -0.2) is 9.18 Å². The van der Waals surface area contributed by atoms with Crippen LogP contribution in [0.3, 0.4) is 0 Å². The molecule has 2 heterocycles. The quantitative estimate of drug-likeness (QED) is 0.454. The van der Waals surface area contributed by atoms with Crippen molar-refractivity contribution >= 4 is 23.7 Å². The first kappa shape index (κ1) is 23.6. The van der Waals surface area contributed by atoms with Gasteiger partial charge in [0.1, 0.15) is 11.4 Å². The summed E-state index contributed by atoms with van der Waals surface area (Å²) in [4.78, 5) is 52.9. The number of Topliss-reactive ketones (excluding diaryl/α,β-unsaturated/α-hetero) is 1. The van der Waals surface area contributed by atoms with Crippen LogP contribution in [0.4, 0.5) is 9.18 Å². The molecule has 0 bridgehead atoms. The van der Waals surface area contributed by atoms with E-state index in [1.165, 1.54) is 12.1 Å². The summed E-state index contributed by atoms with van der Waals surface area (Å²) >= 11 is 0. The zero-order chi connectivity index (χ0) is 23.5. The van der Waals surface area contributed by atoms with Crippen LogP contribution >= 0.6 is 0 Å². The predicted molar refractivity (Wildman–Crippen MR) is 113 cm³/mol. The molecule has 2 fully saturated rings. The second kappa shape index (κ2) is 9.23. The van der Waals surface area contributed by atoms with E-state index in [1.54, 1.807) is 20.8 Å². The van der Waals surface area contributed by atoms with Crippen LogP contribution in [0.25, 0.3) is 0 Å². The number of carbonyl (C=O) groups is 4. The standard InChI is InChI=1S/C22H29FN4O5/c1-21(2,3)32-20(31)27-9-8-24-13-22(27,18(29)15-4-6-16(23)7-5-15)19(30)26-12-14-10-17(28)25-11-14/h4-7,14,24H,8-13H2,1-3H3,(H,25,28)(H,26,30).